The molecular weight excluding hydrogens is 389 g/mol. The zero-order chi connectivity index (χ0) is 21.2. The largest absolute Gasteiger partial charge is 0.355 e. The van der Waals surface area contributed by atoms with Gasteiger partial charge < -0.3 is 5.32 Å². The van der Waals surface area contributed by atoms with Crippen molar-refractivity contribution in [2.45, 2.75) is 46.5 Å². The highest BCUT2D eigenvalue weighted by atomic mass is 32.2. The number of nitrogens with one attached hydrogen (secondary N) is 1. The van der Waals surface area contributed by atoms with Gasteiger partial charge in [-0.2, -0.15) is 0 Å². The molecule has 1 atom stereocenters. The van der Waals surface area contributed by atoms with E-state index in [4.69, 9.17) is 0 Å². The minimum atomic E-state index is -0.364. The fourth-order valence-corrected chi connectivity index (χ4v) is 3.95. The number of hydrogen-bond donors (Lipinski definition) is 1. The zero-order valence-electron chi connectivity index (χ0n) is 17.4. The topological polar surface area (TPSA) is 61.8 Å². The quantitative estimate of drug-likeness (QED) is 0.570. The average molecular weight is 420 g/mol. The van der Waals surface area contributed by atoms with Crippen molar-refractivity contribution in [3.63, 3.8) is 0 Å². The molecule has 1 heterocycles. The van der Waals surface area contributed by atoms with Gasteiger partial charge in [-0.1, -0.05) is 57.0 Å². The standard InChI is InChI=1S/C22H30FN3O2S/c1-4-7-9-16(5-2)14-24-20(27)15-29-22-25-19(21(28)26(22)6-3)13-17-10-8-11-18(23)12-17/h8,10-13,16H,4-7,9,14-15H2,1-3H3,(H,24,27)/b19-13+/t16-/m0/s1. The molecule has 1 N–H and O–H groups in total. The van der Waals surface area contributed by atoms with Gasteiger partial charge in [0.2, 0.25) is 5.91 Å². The Balaban J connectivity index is 1.96. The summed E-state index contributed by atoms with van der Waals surface area (Å²) in [5, 5.41) is 3.50. The van der Waals surface area contributed by atoms with Crippen molar-refractivity contribution < 1.29 is 14.0 Å². The van der Waals surface area contributed by atoms with Gasteiger partial charge in [0, 0.05) is 13.1 Å². The molecule has 0 bridgehead atoms. The molecule has 0 aromatic heterocycles. The summed E-state index contributed by atoms with van der Waals surface area (Å²) in [6, 6.07) is 6.02. The maximum Gasteiger partial charge on any atom is 0.278 e. The number of carbonyl (C=O) groups excluding carboxylic acids is 2. The number of unbranched alkanes of at least 4 members (excludes halogenated alkanes) is 1. The van der Waals surface area contributed by atoms with Crippen LogP contribution >= 0.6 is 11.8 Å². The molecule has 0 aliphatic carbocycles. The summed E-state index contributed by atoms with van der Waals surface area (Å²) in [4.78, 5) is 30.7. The number of likely N-dealkylation sites (N-methyl/N-ethyl adjacent to an activating group) is 1. The van der Waals surface area contributed by atoms with E-state index in [9.17, 15) is 14.0 Å². The Morgan fingerprint density at radius 3 is 2.79 bits per heavy atom. The average Bonchev–Trinajstić information content (AvgIpc) is 3.01. The normalized spacial score (nSPS) is 16.3. The van der Waals surface area contributed by atoms with Crippen LogP contribution in [0.3, 0.4) is 0 Å². The molecule has 29 heavy (non-hydrogen) atoms. The van der Waals surface area contributed by atoms with Crippen molar-refractivity contribution in [3.8, 4) is 0 Å². The molecular formula is C22H30FN3O2S. The Morgan fingerprint density at radius 1 is 1.34 bits per heavy atom. The van der Waals surface area contributed by atoms with Gasteiger partial charge in [0.1, 0.15) is 11.5 Å². The number of nitrogens with zero attached hydrogens (tertiary/aromatic N) is 2. The molecule has 2 amide bonds. The van der Waals surface area contributed by atoms with Crippen molar-refractivity contribution in [2.24, 2.45) is 10.9 Å². The van der Waals surface area contributed by atoms with E-state index in [-0.39, 0.29) is 29.1 Å². The van der Waals surface area contributed by atoms with E-state index in [1.807, 2.05) is 6.92 Å². The number of carbonyl (C=O) groups is 2. The van der Waals surface area contributed by atoms with E-state index in [0.29, 0.717) is 29.7 Å². The minimum absolute atomic E-state index is 0.0567. The number of benzene rings is 1. The second-order valence-corrected chi connectivity index (χ2v) is 7.98. The number of amides is 2. The van der Waals surface area contributed by atoms with Crippen LogP contribution in [0.1, 0.15) is 52.0 Å². The van der Waals surface area contributed by atoms with Crippen molar-refractivity contribution in [1.82, 2.24) is 10.2 Å². The number of aliphatic imine (C=N–C) groups is 1. The first kappa shape index (κ1) is 23.1. The Hall–Kier alpha value is -2.15. The maximum absolute atomic E-state index is 13.4. The Kier molecular flexibility index (Phi) is 9.38. The lowest BCUT2D eigenvalue weighted by atomic mass is 9.99. The lowest BCUT2D eigenvalue weighted by molar-refractivity contribution is -0.122. The summed E-state index contributed by atoms with van der Waals surface area (Å²) in [5.41, 5.74) is 0.834. The molecule has 1 aliphatic rings. The second kappa shape index (κ2) is 11.8. The van der Waals surface area contributed by atoms with Crippen molar-refractivity contribution in [2.75, 3.05) is 18.8 Å². The van der Waals surface area contributed by atoms with Gasteiger partial charge in [0.05, 0.1) is 5.75 Å². The van der Waals surface area contributed by atoms with Crippen molar-refractivity contribution in [3.05, 3.63) is 41.3 Å². The molecule has 1 aliphatic heterocycles. The highest BCUT2D eigenvalue weighted by Gasteiger charge is 2.29. The summed E-state index contributed by atoms with van der Waals surface area (Å²) in [7, 11) is 0. The Morgan fingerprint density at radius 2 is 2.14 bits per heavy atom. The molecule has 158 valence electrons. The molecule has 0 radical (unpaired) electrons. The van der Waals surface area contributed by atoms with Gasteiger partial charge in [-0.3, -0.25) is 14.5 Å². The van der Waals surface area contributed by atoms with E-state index in [0.717, 1.165) is 19.3 Å². The first-order valence-electron chi connectivity index (χ1n) is 10.3. The van der Waals surface area contributed by atoms with Gasteiger partial charge in [-0.05, 0) is 43.0 Å². The van der Waals surface area contributed by atoms with E-state index in [1.165, 1.54) is 30.3 Å². The predicted octanol–water partition coefficient (Wildman–Crippen LogP) is 4.45. The molecule has 0 unspecified atom stereocenters. The molecule has 0 saturated heterocycles. The number of thioether (sulfide) groups is 1. The molecule has 2 rings (SSSR count). The smallest absolute Gasteiger partial charge is 0.278 e. The molecule has 7 heteroatoms. The van der Waals surface area contributed by atoms with Crippen LogP contribution in [0.2, 0.25) is 0 Å². The van der Waals surface area contributed by atoms with Crippen LogP contribution in [0.4, 0.5) is 4.39 Å². The van der Waals surface area contributed by atoms with Gasteiger partial charge in [-0.15, -0.1) is 0 Å². The van der Waals surface area contributed by atoms with Gasteiger partial charge in [0.25, 0.3) is 5.91 Å². The predicted molar refractivity (Wildman–Crippen MR) is 118 cm³/mol. The number of halogens is 1. The van der Waals surface area contributed by atoms with Crippen LogP contribution in [0, 0.1) is 11.7 Å². The van der Waals surface area contributed by atoms with E-state index in [1.54, 1.807) is 23.1 Å². The van der Waals surface area contributed by atoms with Crippen LogP contribution < -0.4 is 5.32 Å². The summed E-state index contributed by atoms with van der Waals surface area (Å²) in [6.45, 7) is 7.32. The van der Waals surface area contributed by atoms with Crippen LogP contribution in [0.5, 0.6) is 0 Å². The number of rotatable bonds is 10. The Labute approximate surface area is 176 Å². The van der Waals surface area contributed by atoms with Crippen LogP contribution in [0.25, 0.3) is 6.08 Å². The maximum atomic E-state index is 13.4. The first-order chi connectivity index (χ1) is 14.0. The summed E-state index contributed by atoms with van der Waals surface area (Å²) >= 11 is 1.25. The first-order valence-corrected chi connectivity index (χ1v) is 11.2. The van der Waals surface area contributed by atoms with Crippen molar-refractivity contribution >= 4 is 34.8 Å². The van der Waals surface area contributed by atoms with E-state index in [2.05, 4.69) is 24.2 Å². The SMILES string of the molecule is CCCC[C@H](CC)CNC(=O)CSC1=N/C(=C/c2cccc(F)c2)C(=O)N1CC. The molecule has 5 nitrogen and oxygen atoms in total. The third-order valence-electron chi connectivity index (χ3n) is 4.84. The minimum Gasteiger partial charge on any atom is -0.355 e. The van der Waals surface area contributed by atoms with Crippen LogP contribution in [-0.2, 0) is 9.59 Å². The number of hydrogen-bond acceptors (Lipinski definition) is 4. The summed E-state index contributed by atoms with van der Waals surface area (Å²) < 4.78 is 13.4. The van der Waals surface area contributed by atoms with Crippen molar-refractivity contribution in [1.29, 1.82) is 0 Å². The fraction of sp³-hybridized carbons (Fsp3) is 0.500. The molecule has 0 spiro atoms. The summed E-state index contributed by atoms with van der Waals surface area (Å²) in [5.74, 6) is 0.0584. The highest BCUT2D eigenvalue weighted by molar-refractivity contribution is 8.14. The molecule has 1 aromatic carbocycles. The Bertz CT molecular complexity index is 779. The number of amidine groups is 1. The highest BCUT2D eigenvalue weighted by Crippen LogP contribution is 2.24. The molecule has 1 aromatic rings. The summed E-state index contributed by atoms with van der Waals surface area (Å²) in [6.07, 6.45) is 6.08. The fourth-order valence-electron chi connectivity index (χ4n) is 3.06. The van der Waals surface area contributed by atoms with Crippen LogP contribution in [-0.4, -0.2) is 40.7 Å². The van der Waals surface area contributed by atoms with Gasteiger partial charge in [-0.25, -0.2) is 9.38 Å². The molecule has 0 saturated carbocycles. The third-order valence-corrected chi connectivity index (χ3v) is 5.82. The lowest BCUT2D eigenvalue weighted by Gasteiger charge is -2.16. The van der Waals surface area contributed by atoms with Gasteiger partial charge >= 0.3 is 0 Å². The lowest BCUT2D eigenvalue weighted by Crippen LogP contribution is -2.33. The zero-order valence-corrected chi connectivity index (χ0v) is 18.2. The second-order valence-electron chi connectivity index (χ2n) is 7.04. The molecule has 0 fully saturated rings. The monoisotopic (exact) mass is 419 g/mol. The third kappa shape index (κ3) is 6.99. The van der Waals surface area contributed by atoms with E-state index < -0.39 is 0 Å². The van der Waals surface area contributed by atoms with Gasteiger partial charge in [0.15, 0.2) is 5.17 Å². The van der Waals surface area contributed by atoms with E-state index >= 15 is 0 Å². The van der Waals surface area contributed by atoms with Crippen LogP contribution in [0.15, 0.2) is 35.0 Å².